The van der Waals surface area contributed by atoms with Crippen LogP contribution in [0.15, 0.2) is 67.0 Å². The van der Waals surface area contributed by atoms with Crippen LogP contribution in [0.3, 0.4) is 0 Å². The average Bonchev–Trinajstić information content (AvgIpc) is 3.55. The zero-order valence-corrected chi connectivity index (χ0v) is 26.4. The Morgan fingerprint density at radius 1 is 0.800 bits per heavy atom. The van der Waals surface area contributed by atoms with Crippen LogP contribution in [0.4, 0.5) is 0 Å². The topological polar surface area (TPSA) is 68.8 Å². The van der Waals surface area contributed by atoms with Crippen molar-refractivity contribution < 1.29 is 26.2 Å². The summed E-state index contributed by atoms with van der Waals surface area (Å²) in [5.41, 5.74) is 9.12. The van der Waals surface area contributed by atoms with E-state index < -0.39 is 0 Å². The molecule has 0 saturated carbocycles. The molecular formula is C33H36N5OPt-. The second-order valence-corrected chi connectivity index (χ2v) is 11.1. The molecule has 2 aromatic heterocycles. The number of nitrogens with zero attached hydrogens (tertiary/aromatic N) is 5. The summed E-state index contributed by atoms with van der Waals surface area (Å²) in [6, 6.07) is 23.5. The minimum atomic E-state index is 0. The van der Waals surface area contributed by atoms with Crippen molar-refractivity contribution in [2.75, 3.05) is 0 Å². The number of phenols is 1. The minimum absolute atomic E-state index is 0. The van der Waals surface area contributed by atoms with Gasteiger partial charge in [0.05, 0.1) is 0 Å². The fourth-order valence-corrected chi connectivity index (χ4v) is 5.02. The molecule has 0 unspecified atom stereocenters. The molecule has 0 amide bonds. The number of aromatic hydroxyl groups is 1. The van der Waals surface area contributed by atoms with E-state index >= 15 is 0 Å². The van der Waals surface area contributed by atoms with Gasteiger partial charge in [0.1, 0.15) is 23.6 Å². The Morgan fingerprint density at radius 3 is 2.08 bits per heavy atom. The molecule has 0 radical (unpaired) electrons. The quantitative estimate of drug-likeness (QED) is 0.174. The first-order valence-corrected chi connectivity index (χ1v) is 13.6. The molecule has 2 heterocycles. The number of aryl methyl sites for hydroxylation is 1. The van der Waals surface area contributed by atoms with E-state index in [2.05, 4.69) is 74.5 Å². The van der Waals surface area contributed by atoms with E-state index in [9.17, 15) is 5.11 Å². The fourth-order valence-electron chi connectivity index (χ4n) is 5.02. The van der Waals surface area contributed by atoms with Crippen molar-refractivity contribution in [3.05, 3.63) is 95.4 Å². The zero-order valence-electron chi connectivity index (χ0n) is 24.1. The van der Waals surface area contributed by atoms with E-state index in [-0.39, 0.29) is 26.8 Å². The number of aromatic nitrogens is 5. The molecule has 0 spiro atoms. The molecule has 6 nitrogen and oxygen atoms in total. The number of phenolic OH excluding ortho intramolecular Hbond substituents is 1. The first kappa shape index (κ1) is 29.5. The Hall–Kier alpha value is -3.50. The van der Waals surface area contributed by atoms with Crippen LogP contribution in [-0.4, -0.2) is 29.7 Å². The van der Waals surface area contributed by atoms with Gasteiger partial charge < -0.3 is 9.67 Å². The molecule has 0 aliphatic rings. The van der Waals surface area contributed by atoms with Crippen molar-refractivity contribution in [3.8, 4) is 39.8 Å². The third-order valence-electron chi connectivity index (χ3n) is 7.20. The Balaban J connectivity index is 0.00000370. The van der Waals surface area contributed by atoms with Crippen LogP contribution >= 0.6 is 0 Å². The molecule has 3 aromatic carbocycles. The molecule has 0 saturated heterocycles. The predicted molar refractivity (Wildman–Crippen MR) is 157 cm³/mol. The van der Waals surface area contributed by atoms with E-state index in [0.717, 1.165) is 34.0 Å². The zero-order chi connectivity index (χ0) is 27.8. The Labute approximate surface area is 251 Å². The minimum Gasteiger partial charge on any atom is -0.506 e. The monoisotopic (exact) mass is 713 g/mol. The van der Waals surface area contributed by atoms with Crippen molar-refractivity contribution in [1.82, 2.24) is 24.5 Å². The van der Waals surface area contributed by atoms with Gasteiger partial charge in [-0.05, 0) is 59.6 Å². The molecule has 5 aromatic rings. The van der Waals surface area contributed by atoms with Gasteiger partial charge in [0.15, 0.2) is 0 Å². The van der Waals surface area contributed by atoms with Crippen LogP contribution in [0.5, 0.6) is 5.75 Å². The van der Waals surface area contributed by atoms with Crippen molar-refractivity contribution in [2.24, 2.45) is 0 Å². The van der Waals surface area contributed by atoms with Gasteiger partial charge in [-0.2, -0.15) is 5.10 Å². The molecular weight excluding hydrogens is 677 g/mol. The van der Waals surface area contributed by atoms with Gasteiger partial charge >= 0.3 is 0 Å². The molecule has 5 rings (SSSR count). The summed E-state index contributed by atoms with van der Waals surface area (Å²) in [6.07, 6.45) is 1.81. The van der Waals surface area contributed by atoms with Crippen molar-refractivity contribution >= 4 is 0 Å². The maximum Gasteiger partial charge on any atom is 0.141 e. The predicted octanol–water partition coefficient (Wildman–Crippen LogP) is 7.97. The number of para-hydroxylation sites is 2. The van der Waals surface area contributed by atoms with Crippen molar-refractivity contribution in [3.63, 3.8) is 0 Å². The van der Waals surface area contributed by atoms with Gasteiger partial charge in [-0.3, -0.25) is 0 Å². The van der Waals surface area contributed by atoms with Gasteiger partial charge in [0.2, 0.25) is 0 Å². The van der Waals surface area contributed by atoms with Crippen LogP contribution in [0.1, 0.15) is 81.7 Å². The molecule has 0 aliphatic carbocycles. The Kier molecular flexibility index (Phi) is 8.80. The second kappa shape index (κ2) is 11.9. The molecule has 1 N–H and O–H groups in total. The van der Waals surface area contributed by atoms with E-state index in [1.807, 2.05) is 49.6 Å². The molecule has 210 valence electrons. The SMILES string of the molecule is Cc1cc(-c2[c-]c(-c3nncn3-c3c(C(C)C)cc(C(C)C)cc3C(C)C)ccc2)nn1-c1ccccc1O.[Pt]. The Morgan fingerprint density at radius 2 is 1.45 bits per heavy atom. The van der Waals surface area contributed by atoms with E-state index in [4.69, 9.17) is 5.10 Å². The van der Waals surface area contributed by atoms with Crippen LogP contribution in [-0.2, 0) is 21.1 Å². The summed E-state index contributed by atoms with van der Waals surface area (Å²) in [4.78, 5) is 0. The molecule has 7 heteroatoms. The van der Waals surface area contributed by atoms with Gasteiger partial charge in [-0.25, -0.2) is 9.78 Å². The van der Waals surface area contributed by atoms with Crippen molar-refractivity contribution in [1.29, 1.82) is 0 Å². The van der Waals surface area contributed by atoms with E-state index in [0.29, 0.717) is 23.4 Å². The van der Waals surface area contributed by atoms with Gasteiger partial charge in [-0.1, -0.05) is 76.9 Å². The molecule has 0 aliphatic heterocycles. The van der Waals surface area contributed by atoms with Crippen LogP contribution in [0, 0.1) is 13.0 Å². The van der Waals surface area contributed by atoms with E-state index in [1.165, 1.54) is 16.7 Å². The largest absolute Gasteiger partial charge is 0.506 e. The number of rotatable bonds is 7. The summed E-state index contributed by atoms with van der Waals surface area (Å²) in [6.45, 7) is 15.4. The Bertz CT molecular complexity index is 1600. The van der Waals surface area contributed by atoms with Crippen LogP contribution in [0.2, 0.25) is 0 Å². The number of hydrogen-bond acceptors (Lipinski definition) is 4. The molecule has 0 atom stereocenters. The summed E-state index contributed by atoms with van der Waals surface area (Å²) < 4.78 is 3.88. The van der Waals surface area contributed by atoms with Crippen LogP contribution in [0.25, 0.3) is 34.0 Å². The average molecular weight is 714 g/mol. The van der Waals surface area contributed by atoms with E-state index in [1.54, 1.807) is 16.8 Å². The number of benzene rings is 3. The molecule has 40 heavy (non-hydrogen) atoms. The number of hydrogen-bond donors (Lipinski definition) is 1. The summed E-state index contributed by atoms with van der Waals surface area (Å²) in [5, 5.41) is 24.1. The molecule has 0 fully saturated rings. The third-order valence-corrected chi connectivity index (χ3v) is 7.20. The summed E-state index contributed by atoms with van der Waals surface area (Å²) >= 11 is 0. The first-order chi connectivity index (χ1) is 18.7. The van der Waals surface area contributed by atoms with Gasteiger partial charge in [0.25, 0.3) is 0 Å². The standard InChI is InChI=1S/C33H36N5O.Pt/c1-20(2)26-17-27(21(3)4)32(28(18-26)22(5)6)37-19-34-35-33(37)25-12-10-11-24(16-25)29-15-23(7)38(36-29)30-13-8-9-14-31(30)39;/h8-15,17-22,39H,1-7H3;/q-1;. The smallest absolute Gasteiger partial charge is 0.141 e. The van der Waals surface area contributed by atoms with Gasteiger partial charge in [-0.15, -0.1) is 29.4 Å². The van der Waals surface area contributed by atoms with Crippen molar-refractivity contribution in [2.45, 2.75) is 66.2 Å². The summed E-state index contributed by atoms with van der Waals surface area (Å²) in [7, 11) is 0. The maximum absolute atomic E-state index is 10.4. The third kappa shape index (κ3) is 5.55. The fraction of sp³-hybridized carbons (Fsp3) is 0.303. The van der Waals surface area contributed by atoms with Gasteiger partial charge in [0, 0.05) is 38.1 Å². The normalized spacial score (nSPS) is 11.4. The molecule has 0 bridgehead atoms. The van der Waals surface area contributed by atoms with Crippen LogP contribution < -0.4 is 0 Å². The second-order valence-electron chi connectivity index (χ2n) is 11.1. The first-order valence-electron chi connectivity index (χ1n) is 13.6. The summed E-state index contributed by atoms with van der Waals surface area (Å²) in [5.74, 6) is 2.05. The maximum atomic E-state index is 10.4.